The summed E-state index contributed by atoms with van der Waals surface area (Å²) in [5, 5.41) is 2.07. The molecule has 0 saturated heterocycles. The Labute approximate surface area is 113 Å². The minimum absolute atomic E-state index is 0.0889. The predicted molar refractivity (Wildman–Crippen MR) is 62.1 cm³/mol. The molecule has 0 radical (unpaired) electrons. The molecule has 0 unspecified atom stereocenters. The highest BCUT2D eigenvalue weighted by Gasteiger charge is 2.36. The number of rotatable bonds is 2. The van der Waals surface area contributed by atoms with E-state index in [0.717, 1.165) is 17.6 Å². The molecule has 0 spiro atoms. The van der Waals surface area contributed by atoms with E-state index >= 15 is 0 Å². The normalized spacial score (nSPS) is 11.4. The van der Waals surface area contributed by atoms with Gasteiger partial charge in [-0.05, 0) is 6.07 Å². The van der Waals surface area contributed by atoms with Crippen molar-refractivity contribution in [3.05, 3.63) is 34.9 Å². The number of aromatic nitrogens is 3. The fraction of sp³-hybridized carbons (Fsp3) is 0.111. The maximum absolute atomic E-state index is 12.7. The van der Waals surface area contributed by atoms with Crippen molar-refractivity contribution >= 4 is 34.2 Å². The number of halogens is 4. The summed E-state index contributed by atoms with van der Waals surface area (Å²) >= 11 is 6.35. The molecule has 0 aromatic carbocycles. The maximum Gasteiger partial charge on any atom is 0.418 e. The molecule has 0 aliphatic carbocycles. The Morgan fingerprint density at radius 1 is 1.37 bits per heavy atom. The number of carbonyl (C=O) groups is 1. The van der Waals surface area contributed by atoms with E-state index in [0.29, 0.717) is 6.20 Å². The Kier molecular flexibility index (Phi) is 3.67. The number of nitrogens with zero attached hydrogens (tertiary/aromatic N) is 3. The molecular formula is C9H4ClF3N4OS. The van der Waals surface area contributed by atoms with Crippen molar-refractivity contribution in [2.45, 2.75) is 6.18 Å². The quantitative estimate of drug-likeness (QED) is 0.866. The molecule has 1 N–H and O–H groups in total. The average molecular weight is 309 g/mol. The van der Waals surface area contributed by atoms with Crippen molar-refractivity contribution < 1.29 is 18.0 Å². The largest absolute Gasteiger partial charge is 0.418 e. The second-order valence-electron chi connectivity index (χ2n) is 3.25. The average Bonchev–Trinajstić information content (AvgIpc) is 2.80. The van der Waals surface area contributed by atoms with Gasteiger partial charge in [-0.15, -0.1) is 0 Å². The Balaban J connectivity index is 2.37. The van der Waals surface area contributed by atoms with Crippen LogP contribution in [-0.2, 0) is 6.18 Å². The molecule has 0 aliphatic heterocycles. The summed E-state index contributed by atoms with van der Waals surface area (Å²) in [5.41, 5.74) is -1.79. The van der Waals surface area contributed by atoms with Crippen LogP contribution in [0.4, 0.5) is 18.3 Å². The summed E-state index contributed by atoms with van der Waals surface area (Å²) in [7, 11) is 0. The van der Waals surface area contributed by atoms with Gasteiger partial charge in [0.25, 0.3) is 5.91 Å². The molecule has 100 valence electrons. The van der Waals surface area contributed by atoms with Gasteiger partial charge in [0.15, 0.2) is 0 Å². The van der Waals surface area contributed by atoms with Crippen LogP contribution in [-0.4, -0.2) is 20.2 Å². The molecule has 2 aromatic rings. The molecule has 2 heterocycles. The van der Waals surface area contributed by atoms with Crippen LogP contribution < -0.4 is 5.32 Å². The van der Waals surface area contributed by atoms with Crippen LogP contribution in [0.25, 0.3) is 0 Å². The smallest absolute Gasteiger partial charge is 0.297 e. The van der Waals surface area contributed by atoms with Crippen LogP contribution in [0, 0.1) is 0 Å². The third-order valence-electron chi connectivity index (χ3n) is 2.00. The first-order chi connectivity index (χ1) is 8.88. The van der Waals surface area contributed by atoms with E-state index in [9.17, 15) is 18.0 Å². The van der Waals surface area contributed by atoms with Crippen LogP contribution >= 0.6 is 23.1 Å². The molecule has 10 heteroatoms. The van der Waals surface area contributed by atoms with E-state index in [1.807, 2.05) is 0 Å². The van der Waals surface area contributed by atoms with Crippen molar-refractivity contribution in [2.24, 2.45) is 0 Å². The monoisotopic (exact) mass is 308 g/mol. The summed E-state index contributed by atoms with van der Waals surface area (Å²) in [6.45, 7) is 0. The lowest BCUT2D eigenvalue weighted by molar-refractivity contribution is -0.138. The molecule has 0 fully saturated rings. The highest BCUT2D eigenvalue weighted by atomic mass is 35.5. The number of hydrogen-bond acceptors (Lipinski definition) is 5. The number of carbonyl (C=O) groups excluding carboxylic acids is 1. The van der Waals surface area contributed by atoms with Crippen molar-refractivity contribution in [1.82, 2.24) is 14.3 Å². The van der Waals surface area contributed by atoms with Crippen molar-refractivity contribution in [1.29, 1.82) is 0 Å². The van der Waals surface area contributed by atoms with Gasteiger partial charge >= 0.3 is 6.18 Å². The Hall–Kier alpha value is -1.74. The lowest BCUT2D eigenvalue weighted by atomic mass is 10.1. The third kappa shape index (κ3) is 3.18. The fourth-order valence-corrected chi connectivity index (χ4v) is 1.82. The number of alkyl halides is 3. The summed E-state index contributed by atoms with van der Waals surface area (Å²) < 4.78 is 41.8. The molecule has 2 rings (SSSR count). The number of anilines is 1. The third-order valence-corrected chi connectivity index (χ3v) is 2.79. The Bertz CT molecular complexity index is 602. The number of amides is 1. The van der Waals surface area contributed by atoms with Crippen molar-refractivity contribution in [3.8, 4) is 0 Å². The van der Waals surface area contributed by atoms with Crippen LogP contribution in [0.15, 0.2) is 18.6 Å². The standard InChI is InChI=1S/C9H4ClF3N4OS/c10-6-1-4(5(2-14-6)9(11,12)13)7(18)17-8-15-3-16-19-8/h1-3H,(H,15,16,17,18). The van der Waals surface area contributed by atoms with Gasteiger partial charge in [0.1, 0.15) is 11.5 Å². The molecule has 0 atom stereocenters. The van der Waals surface area contributed by atoms with Crippen LogP contribution in [0.5, 0.6) is 0 Å². The van der Waals surface area contributed by atoms with Gasteiger partial charge in [-0.25, -0.2) is 9.97 Å². The molecule has 0 saturated carbocycles. The van der Waals surface area contributed by atoms with E-state index in [1.54, 1.807) is 0 Å². The first kappa shape index (κ1) is 13.7. The summed E-state index contributed by atoms with van der Waals surface area (Å²) in [4.78, 5) is 18.7. The second-order valence-corrected chi connectivity index (χ2v) is 4.42. The van der Waals surface area contributed by atoms with Gasteiger partial charge in [-0.1, -0.05) is 11.6 Å². The molecular weight excluding hydrogens is 305 g/mol. The molecule has 0 bridgehead atoms. The Morgan fingerprint density at radius 3 is 2.68 bits per heavy atom. The highest BCUT2D eigenvalue weighted by molar-refractivity contribution is 7.09. The zero-order valence-corrected chi connectivity index (χ0v) is 10.5. The minimum Gasteiger partial charge on any atom is -0.297 e. The molecule has 1 amide bonds. The molecule has 2 aromatic heterocycles. The second kappa shape index (κ2) is 5.10. The van der Waals surface area contributed by atoms with E-state index in [4.69, 9.17) is 11.6 Å². The van der Waals surface area contributed by atoms with Crippen molar-refractivity contribution in [2.75, 3.05) is 5.32 Å². The highest BCUT2D eigenvalue weighted by Crippen LogP contribution is 2.32. The topological polar surface area (TPSA) is 67.8 Å². The van der Waals surface area contributed by atoms with Gasteiger partial charge in [0.2, 0.25) is 5.13 Å². The first-order valence-corrected chi connectivity index (χ1v) is 5.84. The first-order valence-electron chi connectivity index (χ1n) is 4.68. The summed E-state index contributed by atoms with van der Waals surface area (Å²) in [6.07, 6.45) is -3.02. The van der Waals surface area contributed by atoms with E-state index < -0.39 is 23.2 Å². The van der Waals surface area contributed by atoms with Crippen LogP contribution in [0.2, 0.25) is 5.15 Å². The van der Waals surface area contributed by atoms with Gasteiger partial charge in [0.05, 0.1) is 11.1 Å². The molecule has 19 heavy (non-hydrogen) atoms. The van der Waals surface area contributed by atoms with Crippen LogP contribution in [0.1, 0.15) is 15.9 Å². The van der Waals surface area contributed by atoms with Crippen molar-refractivity contribution in [3.63, 3.8) is 0 Å². The zero-order chi connectivity index (χ0) is 14.0. The SMILES string of the molecule is O=C(Nc1ncns1)c1cc(Cl)ncc1C(F)(F)F. The maximum atomic E-state index is 12.7. The van der Waals surface area contributed by atoms with Gasteiger partial charge in [0, 0.05) is 17.7 Å². The van der Waals surface area contributed by atoms with Gasteiger partial charge < -0.3 is 0 Å². The Morgan fingerprint density at radius 2 is 2.11 bits per heavy atom. The van der Waals surface area contributed by atoms with Gasteiger partial charge in [-0.3, -0.25) is 10.1 Å². The zero-order valence-electron chi connectivity index (χ0n) is 8.90. The minimum atomic E-state index is -4.70. The molecule has 0 aliphatic rings. The summed E-state index contributed by atoms with van der Waals surface area (Å²) in [5.74, 6) is -0.978. The number of nitrogens with one attached hydrogen (secondary N) is 1. The predicted octanol–water partition coefficient (Wildman–Crippen LogP) is 2.86. The van der Waals surface area contributed by atoms with Crippen LogP contribution in [0.3, 0.4) is 0 Å². The summed E-state index contributed by atoms with van der Waals surface area (Å²) in [6, 6.07) is 0.848. The van der Waals surface area contributed by atoms with E-state index in [2.05, 4.69) is 19.7 Å². The lowest BCUT2D eigenvalue weighted by Crippen LogP contribution is -2.19. The van der Waals surface area contributed by atoms with E-state index in [1.165, 1.54) is 6.33 Å². The lowest BCUT2D eigenvalue weighted by Gasteiger charge is -2.11. The fourth-order valence-electron chi connectivity index (χ4n) is 1.24. The number of pyridine rings is 1. The van der Waals surface area contributed by atoms with E-state index in [-0.39, 0.29) is 10.3 Å². The van der Waals surface area contributed by atoms with Gasteiger partial charge in [-0.2, -0.15) is 17.5 Å². The number of hydrogen-bond donors (Lipinski definition) is 1. The molecule has 5 nitrogen and oxygen atoms in total.